The van der Waals surface area contributed by atoms with Crippen LogP contribution in [0.15, 0.2) is 64.5 Å². The number of ether oxygens (including phenoxy) is 1. The van der Waals surface area contributed by atoms with Crippen molar-refractivity contribution in [1.82, 2.24) is 24.5 Å². The van der Waals surface area contributed by atoms with E-state index in [0.717, 1.165) is 11.1 Å². The third-order valence-electron chi connectivity index (χ3n) is 5.52. The van der Waals surface area contributed by atoms with Crippen LogP contribution in [0.25, 0.3) is 16.7 Å². The van der Waals surface area contributed by atoms with Crippen molar-refractivity contribution in [2.45, 2.75) is 43.3 Å². The number of para-hydroxylation sites is 1. The third kappa shape index (κ3) is 4.79. The van der Waals surface area contributed by atoms with Crippen LogP contribution in [0, 0.1) is 0 Å². The van der Waals surface area contributed by atoms with E-state index in [1.807, 2.05) is 66.8 Å². The molecule has 0 aliphatic rings. The molecule has 2 aromatic carbocycles. The lowest BCUT2D eigenvalue weighted by molar-refractivity contribution is -0.120. The lowest BCUT2D eigenvalue weighted by Crippen LogP contribution is -2.33. The van der Waals surface area contributed by atoms with Gasteiger partial charge in [0.05, 0.1) is 22.2 Å². The van der Waals surface area contributed by atoms with Crippen molar-refractivity contribution in [2.24, 2.45) is 0 Å². The number of hydrogen-bond donors (Lipinski definition) is 1. The number of rotatable bonds is 9. The number of amides is 1. The zero-order valence-corrected chi connectivity index (χ0v) is 19.7. The highest BCUT2D eigenvalue weighted by Crippen LogP contribution is 2.26. The molecule has 0 saturated heterocycles. The highest BCUT2D eigenvalue weighted by atomic mass is 32.2. The number of methoxy groups -OCH3 is 1. The monoisotopic (exact) mass is 465 g/mol. The lowest BCUT2D eigenvalue weighted by Gasteiger charge is -2.17. The van der Waals surface area contributed by atoms with Gasteiger partial charge < -0.3 is 10.1 Å². The normalized spacial score (nSPS) is 13.3. The second-order valence-electron chi connectivity index (χ2n) is 7.84. The average molecular weight is 466 g/mol. The SMILES string of the molecule is COCCCn1c(=O)c2ccccc2n2c(SC(C)C(=O)NC(C)c3ccccc3)nnc12. The lowest BCUT2D eigenvalue weighted by atomic mass is 10.1. The number of thioether (sulfide) groups is 1. The Labute approximate surface area is 196 Å². The number of carbonyl (C=O) groups is 1. The second-order valence-corrected chi connectivity index (χ2v) is 9.15. The first-order valence-corrected chi connectivity index (χ1v) is 11.8. The minimum atomic E-state index is -0.406. The molecule has 4 rings (SSSR count). The van der Waals surface area contributed by atoms with Crippen LogP contribution in [0.3, 0.4) is 0 Å². The number of hydrogen-bond acceptors (Lipinski definition) is 6. The first kappa shape index (κ1) is 23.0. The van der Waals surface area contributed by atoms with E-state index in [1.165, 1.54) is 11.8 Å². The zero-order valence-electron chi connectivity index (χ0n) is 18.9. The predicted octanol–water partition coefficient (Wildman–Crippen LogP) is 3.44. The Bertz CT molecular complexity index is 1320. The summed E-state index contributed by atoms with van der Waals surface area (Å²) in [5.74, 6) is 0.369. The Hall–Kier alpha value is -3.17. The van der Waals surface area contributed by atoms with Gasteiger partial charge in [0.2, 0.25) is 11.7 Å². The number of aromatic nitrogens is 4. The predicted molar refractivity (Wildman–Crippen MR) is 130 cm³/mol. The molecule has 172 valence electrons. The van der Waals surface area contributed by atoms with Crippen LogP contribution in [0.4, 0.5) is 0 Å². The van der Waals surface area contributed by atoms with Crippen molar-refractivity contribution in [1.29, 1.82) is 0 Å². The van der Waals surface area contributed by atoms with E-state index in [9.17, 15) is 9.59 Å². The molecule has 0 aliphatic heterocycles. The summed E-state index contributed by atoms with van der Waals surface area (Å²) in [6.45, 7) is 4.81. The molecule has 1 N–H and O–H groups in total. The van der Waals surface area contributed by atoms with Gasteiger partial charge in [0.25, 0.3) is 5.56 Å². The quantitative estimate of drug-likeness (QED) is 0.301. The summed E-state index contributed by atoms with van der Waals surface area (Å²) >= 11 is 1.32. The Kier molecular flexibility index (Phi) is 7.10. The largest absolute Gasteiger partial charge is 0.385 e. The summed E-state index contributed by atoms with van der Waals surface area (Å²) in [6.07, 6.45) is 0.677. The molecule has 4 aromatic rings. The van der Waals surface area contributed by atoms with Gasteiger partial charge in [0.1, 0.15) is 0 Å². The van der Waals surface area contributed by atoms with E-state index >= 15 is 0 Å². The van der Waals surface area contributed by atoms with E-state index in [4.69, 9.17) is 4.74 Å². The molecule has 0 aliphatic carbocycles. The van der Waals surface area contributed by atoms with E-state index in [1.54, 1.807) is 17.7 Å². The maximum atomic E-state index is 13.1. The van der Waals surface area contributed by atoms with Crippen LogP contribution in [0.2, 0.25) is 0 Å². The molecule has 2 atom stereocenters. The highest BCUT2D eigenvalue weighted by Gasteiger charge is 2.22. The van der Waals surface area contributed by atoms with Crippen molar-refractivity contribution >= 4 is 34.3 Å². The van der Waals surface area contributed by atoms with Gasteiger partial charge in [-0.15, -0.1) is 10.2 Å². The Morgan fingerprint density at radius 1 is 1.09 bits per heavy atom. The Morgan fingerprint density at radius 3 is 2.58 bits per heavy atom. The summed E-state index contributed by atoms with van der Waals surface area (Å²) in [4.78, 5) is 26.0. The Balaban J connectivity index is 1.64. The third-order valence-corrected chi connectivity index (χ3v) is 6.56. The second kappa shape index (κ2) is 10.2. The van der Waals surface area contributed by atoms with Crippen LogP contribution >= 0.6 is 11.8 Å². The fraction of sp³-hybridized carbons (Fsp3) is 0.333. The molecule has 2 aromatic heterocycles. The Morgan fingerprint density at radius 2 is 1.82 bits per heavy atom. The van der Waals surface area contributed by atoms with E-state index < -0.39 is 5.25 Å². The van der Waals surface area contributed by atoms with Gasteiger partial charge >= 0.3 is 0 Å². The van der Waals surface area contributed by atoms with Crippen LogP contribution in [0.1, 0.15) is 31.9 Å². The summed E-state index contributed by atoms with van der Waals surface area (Å²) in [7, 11) is 1.63. The first-order chi connectivity index (χ1) is 16.0. The maximum Gasteiger partial charge on any atom is 0.262 e. The van der Waals surface area contributed by atoms with Gasteiger partial charge in [-0.1, -0.05) is 54.2 Å². The van der Waals surface area contributed by atoms with Crippen molar-refractivity contribution in [3.8, 4) is 0 Å². The molecular formula is C24H27N5O3S. The minimum Gasteiger partial charge on any atom is -0.385 e. The molecular weight excluding hydrogens is 438 g/mol. The van der Waals surface area contributed by atoms with Crippen LogP contribution < -0.4 is 10.9 Å². The van der Waals surface area contributed by atoms with Crippen LogP contribution in [-0.2, 0) is 16.1 Å². The number of fused-ring (bicyclic) bond motifs is 3. The maximum absolute atomic E-state index is 13.1. The van der Waals surface area contributed by atoms with Gasteiger partial charge in [-0.25, -0.2) is 0 Å². The van der Waals surface area contributed by atoms with Gasteiger partial charge in [-0.3, -0.25) is 18.6 Å². The van der Waals surface area contributed by atoms with Crippen LogP contribution in [-0.4, -0.2) is 44.0 Å². The molecule has 0 bridgehead atoms. The zero-order chi connectivity index (χ0) is 23.4. The molecule has 8 nitrogen and oxygen atoms in total. The molecule has 2 unspecified atom stereocenters. The minimum absolute atomic E-state index is 0.0918. The molecule has 0 saturated carbocycles. The molecule has 2 heterocycles. The first-order valence-electron chi connectivity index (χ1n) is 10.9. The number of aryl methyl sites for hydroxylation is 1. The summed E-state index contributed by atoms with van der Waals surface area (Å²) < 4.78 is 8.63. The van der Waals surface area contributed by atoms with Gasteiger partial charge in [-0.05, 0) is 38.0 Å². The van der Waals surface area contributed by atoms with Gasteiger partial charge in [-0.2, -0.15) is 0 Å². The van der Waals surface area contributed by atoms with Gasteiger partial charge in [0.15, 0.2) is 5.16 Å². The molecule has 33 heavy (non-hydrogen) atoms. The molecule has 0 fully saturated rings. The van der Waals surface area contributed by atoms with Crippen molar-refractivity contribution < 1.29 is 9.53 Å². The summed E-state index contributed by atoms with van der Waals surface area (Å²) in [5.41, 5.74) is 1.65. The number of nitrogens with zero attached hydrogens (tertiary/aromatic N) is 4. The topological polar surface area (TPSA) is 90.5 Å². The molecule has 1 amide bonds. The standard InChI is InChI=1S/C24H27N5O3S/c1-16(18-10-5-4-6-11-18)25-21(30)17(2)33-24-27-26-23-28(14-9-15-32-3)22(31)19-12-7-8-13-20(19)29(23)24/h4-8,10-13,16-17H,9,14-15H2,1-3H3,(H,25,30). The van der Waals surface area contributed by atoms with Crippen molar-refractivity contribution in [2.75, 3.05) is 13.7 Å². The van der Waals surface area contributed by atoms with Crippen LogP contribution in [0.5, 0.6) is 0 Å². The van der Waals surface area contributed by atoms with E-state index in [-0.39, 0.29) is 17.5 Å². The van der Waals surface area contributed by atoms with Crippen molar-refractivity contribution in [3.63, 3.8) is 0 Å². The molecule has 0 spiro atoms. The highest BCUT2D eigenvalue weighted by molar-refractivity contribution is 8.00. The summed E-state index contributed by atoms with van der Waals surface area (Å²) in [5, 5.41) is 12.5. The smallest absolute Gasteiger partial charge is 0.262 e. The molecule has 9 heteroatoms. The van der Waals surface area contributed by atoms with E-state index in [2.05, 4.69) is 15.5 Å². The molecule has 0 radical (unpaired) electrons. The fourth-order valence-electron chi connectivity index (χ4n) is 3.75. The average Bonchev–Trinajstić information content (AvgIpc) is 3.25. The number of nitrogens with one attached hydrogen (secondary N) is 1. The van der Waals surface area contributed by atoms with Crippen molar-refractivity contribution in [3.05, 3.63) is 70.5 Å². The summed E-state index contributed by atoms with van der Waals surface area (Å²) in [6, 6.07) is 17.1. The number of benzene rings is 2. The number of carbonyl (C=O) groups excluding carboxylic acids is 1. The fourth-order valence-corrected chi connectivity index (χ4v) is 4.61. The van der Waals surface area contributed by atoms with Gasteiger partial charge in [0, 0.05) is 20.3 Å². The van der Waals surface area contributed by atoms with E-state index in [0.29, 0.717) is 35.9 Å².